The monoisotopic (exact) mass is 258 g/mol. The number of nitrogens with zero attached hydrogens (tertiary/aromatic N) is 2. The first kappa shape index (κ1) is 13.3. The van der Waals surface area contributed by atoms with Crippen molar-refractivity contribution in [3.8, 4) is 6.07 Å². The molecule has 1 atom stereocenters. The maximum atomic E-state index is 9.11. The van der Waals surface area contributed by atoms with Gasteiger partial charge in [-0.3, -0.25) is 4.90 Å². The summed E-state index contributed by atoms with van der Waals surface area (Å²) in [6.45, 7) is 0.414. The Balaban J connectivity index is 3.00. The zero-order chi connectivity index (χ0) is 12.1. The maximum absolute atomic E-state index is 9.11. The highest BCUT2D eigenvalue weighted by atomic mass is 35.5. The van der Waals surface area contributed by atoms with Crippen LogP contribution in [0.2, 0.25) is 10.0 Å². The number of likely N-dealkylation sites (N-methyl/N-ethyl adjacent to an activating group) is 1. The zero-order valence-corrected chi connectivity index (χ0v) is 10.3. The first-order valence-electron chi connectivity index (χ1n) is 4.75. The average Bonchev–Trinajstić information content (AvgIpc) is 2.22. The van der Waals surface area contributed by atoms with Gasteiger partial charge in [-0.2, -0.15) is 5.26 Å². The molecule has 16 heavy (non-hydrogen) atoms. The Hall–Kier alpha value is -0.790. The molecular formula is C11H12Cl2N2O. The minimum atomic E-state index is -0.475. The van der Waals surface area contributed by atoms with E-state index in [1.165, 1.54) is 0 Å². The summed E-state index contributed by atoms with van der Waals surface area (Å²) in [6.07, 6.45) is 0. The van der Waals surface area contributed by atoms with Gasteiger partial charge in [0.2, 0.25) is 0 Å². The fourth-order valence-electron chi connectivity index (χ4n) is 1.42. The third kappa shape index (κ3) is 3.10. The van der Waals surface area contributed by atoms with Gasteiger partial charge in [0.05, 0.1) is 12.7 Å². The molecule has 0 aliphatic heterocycles. The van der Waals surface area contributed by atoms with E-state index in [9.17, 15) is 0 Å². The third-order valence-electron chi connectivity index (χ3n) is 2.27. The molecule has 0 heterocycles. The van der Waals surface area contributed by atoms with E-state index in [0.717, 1.165) is 0 Å². The van der Waals surface area contributed by atoms with Gasteiger partial charge >= 0.3 is 0 Å². The first-order valence-corrected chi connectivity index (χ1v) is 5.51. The van der Waals surface area contributed by atoms with Crippen molar-refractivity contribution >= 4 is 23.2 Å². The van der Waals surface area contributed by atoms with Gasteiger partial charge in [0.15, 0.2) is 0 Å². The topological polar surface area (TPSA) is 47.3 Å². The predicted octanol–water partition coefficient (Wildman–Crippen LogP) is 2.48. The Morgan fingerprint density at radius 2 is 2.19 bits per heavy atom. The number of rotatable bonds is 4. The SMILES string of the molecule is CN(CCO)C(C#N)c1ccc(Cl)cc1Cl. The van der Waals surface area contributed by atoms with E-state index in [1.807, 2.05) is 0 Å². The first-order chi connectivity index (χ1) is 7.60. The minimum absolute atomic E-state index is 0.000110. The summed E-state index contributed by atoms with van der Waals surface area (Å²) in [5.41, 5.74) is 0.699. The van der Waals surface area contributed by atoms with Crippen LogP contribution in [-0.4, -0.2) is 30.2 Å². The molecule has 86 valence electrons. The fraction of sp³-hybridized carbons (Fsp3) is 0.364. The number of aliphatic hydroxyl groups excluding tert-OH is 1. The second-order valence-corrected chi connectivity index (χ2v) is 4.25. The van der Waals surface area contributed by atoms with Crippen LogP contribution < -0.4 is 0 Å². The highest BCUT2D eigenvalue weighted by Crippen LogP contribution is 2.28. The second kappa shape index (κ2) is 6.07. The van der Waals surface area contributed by atoms with Crippen LogP contribution in [0, 0.1) is 11.3 Å². The number of aliphatic hydroxyl groups is 1. The summed E-state index contributed by atoms with van der Waals surface area (Å²) in [5.74, 6) is 0. The summed E-state index contributed by atoms with van der Waals surface area (Å²) in [5, 5.41) is 18.9. The smallest absolute Gasteiger partial charge is 0.125 e. The second-order valence-electron chi connectivity index (χ2n) is 3.40. The lowest BCUT2D eigenvalue weighted by Crippen LogP contribution is -2.26. The number of benzene rings is 1. The van der Waals surface area contributed by atoms with Crippen molar-refractivity contribution in [2.24, 2.45) is 0 Å². The highest BCUT2D eigenvalue weighted by Gasteiger charge is 2.18. The van der Waals surface area contributed by atoms with E-state index in [2.05, 4.69) is 6.07 Å². The fourth-order valence-corrected chi connectivity index (χ4v) is 1.93. The van der Waals surface area contributed by atoms with E-state index >= 15 is 0 Å². The highest BCUT2D eigenvalue weighted by molar-refractivity contribution is 6.35. The standard InChI is InChI=1S/C11H12Cl2N2O/c1-15(4-5-16)11(7-14)9-3-2-8(12)6-10(9)13/h2-3,6,11,16H,4-5H2,1H3. The largest absolute Gasteiger partial charge is 0.395 e. The molecule has 0 fully saturated rings. The van der Waals surface area contributed by atoms with Crippen molar-refractivity contribution in [3.63, 3.8) is 0 Å². The summed E-state index contributed by atoms with van der Waals surface area (Å²) >= 11 is 11.8. The third-order valence-corrected chi connectivity index (χ3v) is 2.84. The molecule has 3 nitrogen and oxygen atoms in total. The van der Waals surface area contributed by atoms with Gasteiger partial charge in [-0.25, -0.2) is 0 Å². The number of hydrogen-bond acceptors (Lipinski definition) is 3. The van der Waals surface area contributed by atoms with Crippen LogP contribution >= 0.6 is 23.2 Å². The van der Waals surface area contributed by atoms with Crippen molar-refractivity contribution < 1.29 is 5.11 Å². The predicted molar refractivity (Wildman–Crippen MR) is 64.5 cm³/mol. The molecule has 1 aromatic carbocycles. The molecule has 0 aliphatic rings. The zero-order valence-electron chi connectivity index (χ0n) is 8.82. The van der Waals surface area contributed by atoms with E-state index < -0.39 is 6.04 Å². The lowest BCUT2D eigenvalue weighted by Gasteiger charge is -2.22. The molecule has 0 saturated carbocycles. The van der Waals surface area contributed by atoms with Gasteiger partial charge in [0.1, 0.15) is 6.04 Å². The number of nitriles is 1. The van der Waals surface area contributed by atoms with Gasteiger partial charge in [-0.15, -0.1) is 0 Å². The molecular weight excluding hydrogens is 247 g/mol. The Labute approximate surface area is 105 Å². The lowest BCUT2D eigenvalue weighted by atomic mass is 10.1. The average molecular weight is 259 g/mol. The summed E-state index contributed by atoms with van der Waals surface area (Å²) in [6, 6.07) is 6.71. The Kier molecular flexibility index (Phi) is 5.04. The quantitative estimate of drug-likeness (QED) is 0.903. The van der Waals surface area contributed by atoms with Gasteiger partial charge in [-0.1, -0.05) is 29.3 Å². The van der Waals surface area contributed by atoms with Crippen LogP contribution in [0.15, 0.2) is 18.2 Å². The van der Waals surface area contributed by atoms with Crippen molar-refractivity contribution in [3.05, 3.63) is 33.8 Å². The molecule has 0 amide bonds. The van der Waals surface area contributed by atoms with Crippen LogP contribution in [0.4, 0.5) is 0 Å². The Morgan fingerprint density at radius 3 is 2.69 bits per heavy atom. The van der Waals surface area contributed by atoms with E-state index in [0.29, 0.717) is 22.2 Å². The van der Waals surface area contributed by atoms with Crippen LogP contribution in [0.1, 0.15) is 11.6 Å². The molecule has 1 unspecified atom stereocenters. The minimum Gasteiger partial charge on any atom is -0.395 e. The van der Waals surface area contributed by atoms with Gasteiger partial charge < -0.3 is 5.11 Å². The molecule has 0 aliphatic carbocycles. The molecule has 1 N–H and O–H groups in total. The molecule has 1 rings (SSSR count). The molecule has 0 radical (unpaired) electrons. The normalized spacial score (nSPS) is 12.5. The van der Waals surface area contributed by atoms with Crippen LogP contribution in [0.25, 0.3) is 0 Å². The van der Waals surface area contributed by atoms with Gasteiger partial charge in [0.25, 0.3) is 0 Å². The number of halogens is 2. The van der Waals surface area contributed by atoms with Crippen molar-refractivity contribution in [1.29, 1.82) is 5.26 Å². The van der Waals surface area contributed by atoms with E-state index in [4.69, 9.17) is 33.6 Å². The van der Waals surface area contributed by atoms with Crippen molar-refractivity contribution in [2.45, 2.75) is 6.04 Å². The molecule has 0 spiro atoms. The van der Waals surface area contributed by atoms with E-state index in [-0.39, 0.29) is 6.61 Å². The molecule has 5 heteroatoms. The maximum Gasteiger partial charge on any atom is 0.125 e. The summed E-state index contributed by atoms with van der Waals surface area (Å²) in [4.78, 5) is 1.73. The summed E-state index contributed by atoms with van der Waals surface area (Å²) in [7, 11) is 1.76. The Bertz CT molecular complexity index is 403. The number of hydrogen-bond donors (Lipinski definition) is 1. The van der Waals surface area contributed by atoms with Crippen molar-refractivity contribution in [2.75, 3.05) is 20.2 Å². The summed E-state index contributed by atoms with van der Waals surface area (Å²) < 4.78 is 0. The molecule has 0 bridgehead atoms. The van der Waals surface area contributed by atoms with Crippen LogP contribution in [-0.2, 0) is 0 Å². The Morgan fingerprint density at radius 1 is 1.50 bits per heavy atom. The van der Waals surface area contributed by atoms with Crippen LogP contribution in [0.3, 0.4) is 0 Å². The lowest BCUT2D eigenvalue weighted by molar-refractivity contribution is 0.203. The van der Waals surface area contributed by atoms with Gasteiger partial charge in [0, 0.05) is 22.2 Å². The molecule has 1 aromatic rings. The van der Waals surface area contributed by atoms with Crippen molar-refractivity contribution in [1.82, 2.24) is 4.90 Å². The molecule has 0 aromatic heterocycles. The van der Waals surface area contributed by atoms with E-state index in [1.54, 1.807) is 30.1 Å². The van der Waals surface area contributed by atoms with Gasteiger partial charge in [-0.05, 0) is 19.2 Å². The van der Waals surface area contributed by atoms with Crippen LogP contribution in [0.5, 0.6) is 0 Å². The molecule has 0 saturated heterocycles.